The van der Waals surface area contributed by atoms with E-state index in [1.807, 2.05) is 0 Å². The van der Waals surface area contributed by atoms with Crippen LogP contribution in [-0.4, -0.2) is 36.7 Å². The zero-order valence-electron chi connectivity index (χ0n) is 12.0. The average molecular weight is 283 g/mol. The lowest BCUT2D eigenvalue weighted by atomic mass is 9.80. The molecule has 0 aromatic carbocycles. The van der Waals surface area contributed by atoms with Crippen molar-refractivity contribution in [3.63, 3.8) is 0 Å². The van der Waals surface area contributed by atoms with Crippen LogP contribution in [0.1, 0.15) is 51.4 Å². The van der Waals surface area contributed by atoms with Gasteiger partial charge in [0.15, 0.2) is 0 Å². The van der Waals surface area contributed by atoms with Crippen LogP contribution in [0.3, 0.4) is 0 Å². The number of carbonyl (C=O) groups excluding carboxylic acids is 1. The monoisotopic (exact) mass is 283 g/mol. The van der Waals surface area contributed by atoms with E-state index >= 15 is 0 Å². The normalized spacial score (nSPS) is 22.6. The Morgan fingerprint density at radius 2 is 1.85 bits per heavy atom. The van der Waals surface area contributed by atoms with Crippen LogP contribution in [0.2, 0.25) is 0 Å². The van der Waals surface area contributed by atoms with Crippen LogP contribution >= 0.6 is 0 Å². The summed E-state index contributed by atoms with van der Waals surface area (Å²) in [5, 5.41) is 12.2. The van der Waals surface area contributed by atoms with Gasteiger partial charge in [-0.1, -0.05) is 25.7 Å². The largest absolute Gasteiger partial charge is 0.481 e. The minimum Gasteiger partial charge on any atom is -0.481 e. The number of amides is 1. The van der Waals surface area contributed by atoms with Gasteiger partial charge in [-0.05, 0) is 25.2 Å². The molecule has 1 saturated carbocycles. The minimum absolute atomic E-state index is 0.0102. The quantitative estimate of drug-likeness (QED) is 0.781. The zero-order chi connectivity index (χ0) is 14.4. The fraction of sp³-hybridized carbons (Fsp3) is 0.867. The van der Waals surface area contributed by atoms with Crippen molar-refractivity contribution in [1.29, 1.82) is 0 Å². The molecule has 1 aliphatic heterocycles. The molecule has 5 nitrogen and oxygen atoms in total. The first-order valence-corrected chi connectivity index (χ1v) is 7.70. The van der Waals surface area contributed by atoms with Crippen LogP contribution in [0.15, 0.2) is 0 Å². The molecule has 1 saturated heterocycles. The van der Waals surface area contributed by atoms with Crippen molar-refractivity contribution in [2.24, 2.45) is 11.3 Å². The van der Waals surface area contributed by atoms with Gasteiger partial charge in [0.1, 0.15) is 0 Å². The van der Waals surface area contributed by atoms with Gasteiger partial charge < -0.3 is 15.2 Å². The molecule has 2 fully saturated rings. The molecule has 0 atom stereocenters. The first-order valence-electron chi connectivity index (χ1n) is 7.70. The van der Waals surface area contributed by atoms with Gasteiger partial charge in [0.25, 0.3) is 0 Å². The number of carbonyl (C=O) groups is 2. The maximum atomic E-state index is 11.9. The highest BCUT2D eigenvalue weighted by atomic mass is 16.5. The topological polar surface area (TPSA) is 75.6 Å². The van der Waals surface area contributed by atoms with Crippen LogP contribution in [0, 0.1) is 11.3 Å². The Balaban J connectivity index is 1.74. The summed E-state index contributed by atoms with van der Waals surface area (Å²) in [4.78, 5) is 23.3. The van der Waals surface area contributed by atoms with Gasteiger partial charge in [-0.25, -0.2) is 0 Å². The predicted octanol–water partition coefficient (Wildman–Crippen LogP) is 1.95. The van der Waals surface area contributed by atoms with E-state index in [0.29, 0.717) is 38.4 Å². The molecule has 2 aliphatic rings. The Morgan fingerprint density at radius 1 is 1.20 bits per heavy atom. The zero-order valence-corrected chi connectivity index (χ0v) is 12.0. The molecule has 1 aliphatic carbocycles. The lowest BCUT2D eigenvalue weighted by molar-refractivity contribution is -0.154. The van der Waals surface area contributed by atoms with Crippen molar-refractivity contribution in [1.82, 2.24) is 5.32 Å². The molecular formula is C15H25NO4. The SMILES string of the molecule is O=C(CCC1CCCC1)NCC1(C(=O)O)CCOCC1. The third kappa shape index (κ3) is 3.95. The summed E-state index contributed by atoms with van der Waals surface area (Å²) in [6.45, 7) is 1.16. The van der Waals surface area contributed by atoms with Crippen molar-refractivity contribution in [2.75, 3.05) is 19.8 Å². The number of carboxylic acids is 1. The van der Waals surface area contributed by atoms with Gasteiger partial charge in [-0.15, -0.1) is 0 Å². The van der Waals surface area contributed by atoms with E-state index in [-0.39, 0.29) is 12.5 Å². The summed E-state index contributed by atoms with van der Waals surface area (Å²) in [6.07, 6.45) is 7.47. The first-order chi connectivity index (χ1) is 9.62. The van der Waals surface area contributed by atoms with E-state index in [0.717, 1.165) is 6.42 Å². The summed E-state index contributed by atoms with van der Waals surface area (Å²) >= 11 is 0. The molecule has 2 N–H and O–H groups in total. The van der Waals surface area contributed by atoms with E-state index in [4.69, 9.17) is 4.74 Å². The van der Waals surface area contributed by atoms with Crippen molar-refractivity contribution < 1.29 is 19.4 Å². The van der Waals surface area contributed by atoms with Gasteiger partial charge in [0.2, 0.25) is 5.91 Å². The molecule has 0 radical (unpaired) electrons. The van der Waals surface area contributed by atoms with Crippen molar-refractivity contribution in [2.45, 2.75) is 51.4 Å². The smallest absolute Gasteiger partial charge is 0.311 e. The van der Waals surface area contributed by atoms with Gasteiger partial charge in [0, 0.05) is 26.2 Å². The van der Waals surface area contributed by atoms with E-state index in [1.54, 1.807) is 0 Å². The third-order valence-electron chi connectivity index (χ3n) is 4.78. The Labute approximate surface area is 120 Å². The lowest BCUT2D eigenvalue weighted by Crippen LogP contribution is -2.46. The molecule has 1 heterocycles. The van der Waals surface area contributed by atoms with Gasteiger partial charge in [-0.2, -0.15) is 0 Å². The van der Waals surface area contributed by atoms with E-state index in [1.165, 1.54) is 25.7 Å². The molecule has 2 rings (SSSR count). The lowest BCUT2D eigenvalue weighted by Gasteiger charge is -2.33. The van der Waals surface area contributed by atoms with Crippen LogP contribution in [0.25, 0.3) is 0 Å². The van der Waals surface area contributed by atoms with Crippen molar-refractivity contribution >= 4 is 11.9 Å². The number of rotatable bonds is 6. The molecule has 0 spiro atoms. The number of hydrogen-bond donors (Lipinski definition) is 2. The Kier molecular flexibility index (Phi) is 5.40. The van der Waals surface area contributed by atoms with Crippen LogP contribution in [0.4, 0.5) is 0 Å². The van der Waals surface area contributed by atoms with Crippen LogP contribution in [0.5, 0.6) is 0 Å². The number of nitrogens with one attached hydrogen (secondary N) is 1. The number of carboxylic acid groups (broad SMARTS) is 1. The summed E-state index contributed by atoms with van der Waals surface area (Å²) in [5.41, 5.74) is -0.832. The molecule has 0 unspecified atom stereocenters. The summed E-state index contributed by atoms with van der Waals surface area (Å²) < 4.78 is 5.22. The van der Waals surface area contributed by atoms with Crippen LogP contribution in [-0.2, 0) is 14.3 Å². The fourth-order valence-corrected chi connectivity index (χ4v) is 3.22. The third-order valence-corrected chi connectivity index (χ3v) is 4.78. The standard InChI is InChI=1S/C15H25NO4/c17-13(6-5-12-3-1-2-4-12)16-11-15(14(18)19)7-9-20-10-8-15/h12H,1-11H2,(H,16,17)(H,18,19). The van der Waals surface area contributed by atoms with Crippen LogP contribution < -0.4 is 5.32 Å². The number of aliphatic carboxylic acids is 1. The maximum Gasteiger partial charge on any atom is 0.311 e. The molecule has 0 aromatic rings. The maximum absolute atomic E-state index is 11.9. The highest BCUT2D eigenvalue weighted by Gasteiger charge is 2.40. The second-order valence-corrected chi connectivity index (χ2v) is 6.16. The minimum atomic E-state index is -0.832. The van der Waals surface area contributed by atoms with E-state index < -0.39 is 11.4 Å². The molecule has 1 amide bonds. The Hall–Kier alpha value is -1.10. The van der Waals surface area contributed by atoms with Crippen molar-refractivity contribution in [3.8, 4) is 0 Å². The van der Waals surface area contributed by atoms with Crippen molar-refractivity contribution in [3.05, 3.63) is 0 Å². The number of hydrogen-bond acceptors (Lipinski definition) is 3. The second-order valence-electron chi connectivity index (χ2n) is 6.16. The average Bonchev–Trinajstić information content (AvgIpc) is 2.97. The number of ether oxygens (including phenoxy) is 1. The summed E-state index contributed by atoms with van der Waals surface area (Å²) in [5.74, 6) is -0.141. The van der Waals surface area contributed by atoms with Gasteiger partial charge >= 0.3 is 5.97 Å². The molecule has 114 valence electrons. The second kappa shape index (κ2) is 7.07. The molecule has 20 heavy (non-hydrogen) atoms. The van der Waals surface area contributed by atoms with E-state index in [9.17, 15) is 14.7 Å². The first kappa shape index (κ1) is 15.3. The highest BCUT2D eigenvalue weighted by Crippen LogP contribution is 2.31. The molecule has 5 heteroatoms. The molecular weight excluding hydrogens is 258 g/mol. The molecule has 0 aromatic heterocycles. The predicted molar refractivity (Wildman–Crippen MR) is 74.3 cm³/mol. The summed E-state index contributed by atoms with van der Waals surface area (Å²) in [6, 6.07) is 0. The highest BCUT2D eigenvalue weighted by molar-refractivity contribution is 5.79. The van der Waals surface area contributed by atoms with E-state index in [2.05, 4.69) is 5.32 Å². The van der Waals surface area contributed by atoms with Gasteiger partial charge in [0.05, 0.1) is 5.41 Å². The van der Waals surface area contributed by atoms with Gasteiger partial charge in [-0.3, -0.25) is 9.59 Å². The fourth-order valence-electron chi connectivity index (χ4n) is 3.22. The Bertz CT molecular complexity index is 344. The summed E-state index contributed by atoms with van der Waals surface area (Å²) in [7, 11) is 0. The Morgan fingerprint density at radius 3 is 2.45 bits per heavy atom. The molecule has 0 bridgehead atoms.